The van der Waals surface area contributed by atoms with Crippen LogP contribution in [-0.4, -0.2) is 29.7 Å². The SMILES string of the molecule is CC(C)(CNC(=O)NC1CCC(C(=O)O)CC1)Cc1ccccc1. The van der Waals surface area contributed by atoms with E-state index in [1.165, 1.54) is 5.56 Å². The number of carboxylic acids is 1. The summed E-state index contributed by atoms with van der Waals surface area (Å²) < 4.78 is 0. The largest absolute Gasteiger partial charge is 0.481 e. The molecular formula is C19H28N2O3. The van der Waals surface area contributed by atoms with Gasteiger partial charge in [-0.15, -0.1) is 0 Å². The van der Waals surface area contributed by atoms with Gasteiger partial charge in [0, 0.05) is 12.6 Å². The van der Waals surface area contributed by atoms with E-state index in [0.29, 0.717) is 19.4 Å². The van der Waals surface area contributed by atoms with E-state index in [-0.39, 0.29) is 23.4 Å². The molecule has 5 heteroatoms. The molecule has 0 bridgehead atoms. The molecule has 1 saturated carbocycles. The van der Waals surface area contributed by atoms with Crippen LogP contribution in [0.15, 0.2) is 30.3 Å². The lowest BCUT2D eigenvalue weighted by Gasteiger charge is -2.29. The molecule has 0 unspecified atom stereocenters. The molecule has 2 rings (SSSR count). The summed E-state index contributed by atoms with van der Waals surface area (Å²) in [5.41, 5.74) is 1.23. The van der Waals surface area contributed by atoms with Gasteiger partial charge in [0.05, 0.1) is 5.92 Å². The highest BCUT2D eigenvalue weighted by Crippen LogP contribution is 2.24. The van der Waals surface area contributed by atoms with Crippen LogP contribution in [0.25, 0.3) is 0 Å². The molecule has 132 valence electrons. The van der Waals surface area contributed by atoms with Crippen LogP contribution in [0.5, 0.6) is 0 Å². The Labute approximate surface area is 143 Å². The molecular weight excluding hydrogens is 304 g/mol. The van der Waals surface area contributed by atoms with Gasteiger partial charge in [0.25, 0.3) is 0 Å². The number of hydrogen-bond acceptors (Lipinski definition) is 2. The number of carbonyl (C=O) groups is 2. The summed E-state index contributed by atoms with van der Waals surface area (Å²) in [4.78, 5) is 23.0. The van der Waals surface area contributed by atoms with Gasteiger partial charge in [-0.05, 0) is 43.1 Å². The van der Waals surface area contributed by atoms with Crippen LogP contribution in [0.3, 0.4) is 0 Å². The van der Waals surface area contributed by atoms with Gasteiger partial charge in [0.15, 0.2) is 0 Å². The van der Waals surface area contributed by atoms with Gasteiger partial charge >= 0.3 is 12.0 Å². The molecule has 1 aromatic carbocycles. The number of nitrogens with one attached hydrogen (secondary N) is 2. The molecule has 0 atom stereocenters. The van der Waals surface area contributed by atoms with Gasteiger partial charge in [0.1, 0.15) is 0 Å². The van der Waals surface area contributed by atoms with E-state index in [0.717, 1.165) is 19.3 Å². The van der Waals surface area contributed by atoms with Gasteiger partial charge in [-0.1, -0.05) is 44.2 Å². The first-order valence-electron chi connectivity index (χ1n) is 8.67. The van der Waals surface area contributed by atoms with Crippen molar-refractivity contribution in [3.05, 3.63) is 35.9 Å². The molecule has 0 aromatic heterocycles. The molecule has 0 heterocycles. The number of hydrogen-bond donors (Lipinski definition) is 3. The van der Waals surface area contributed by atoms with Crippen LogP contribution in [0.4, 0.5) is 4.79 Å². The smallest absolute Gasteiger partial charge is 0.315 e. The third-order valence-electron chi connectivity index (χ3n) is 4.66. The molecule has 3 N–H and O–H groups in total. The lowest BCUT2D eigenvalue weighted by molar-refractivity contribution is -0.142. The van der Waals surface area contributed by atoms with Crippen LogP contribution in [0, 0.1) is 11.3 Å². The summed E-state index contributed by atoms with van der Waals surface area (Å²) in [7, 11) is 0. The Morgan fingerprint density at radius 3 is 2.33 bits per heavy atom. The highest BCUT2D eigenvalue weighted by Gasteiger charge is 2.27. The maximum absolute atomic E-state index is 12.1. The van der Waals surface area contributed by atoms with Crippen molar-refractivity contribution < 1.29 is 14.7 Å². The monoisotopic (exact) mass is 332 g/mol. The Hall–Kier alpha value is -2.04. The molecule has 1 aromatic rings. The molecule has 2 amide bonds. The lowest BCUT2D eigenvalue weighted by Crippen LogP contribution is -2.46. The average molecular weight is 332 g/mol. The van der Waals surface area contributed by atoms with E-state index >= 15 is 0 Å². The van der Waals surface area contributed by atoms with Crippen LogP contribution >= 0.6 is 0 Å². The first kappa shape index (κ1) is 18.3. The number of amides is 2. The minimum absolute atomic E-state index is 0.0281. The number of urea groups is 1. The minimum Gasteiger partial charge on any atom is -0.481 e. The third-order valence-corrected chi connectivity index (χ3v) is 4.66. The van der Waals surface area contributed by atoms with E-state index in [1.54, 1.807) is 0 Å². The standard InChI is InChI=1S/C19H28N2O3/c1-19(2,12-14-6-4-3-5-7-14)13-20-18(24)21-16-10-8-15(9-11-16)17(22)23/h3-7,15-16H,8-13H2,1-2H3,(H,22,23)(H2,20,21,24). The maximum atomic E-state index is 12.1. The molecule has 1 aliphatic carbocycles. The van der Waals surface area contributed by atoms with Crippen molar-refractivity contribution in [1.29, 1.82) is 0 Å². The van der Waals surface area contributed by atoms with Gasteiger partial charge < -0.3 is 15.7 Å². The highest BCUT2D eigenvalue weighted by atomic mass is 16.4. The fraction of sp³-hybridized carbons (Fsp3) is 0.579. The van der Waals surface area contributed by atoms with Crippen molar-refractivity contribution in [2.24, 2.45) is 11.3 Å². The van der Waals surface area contributed by atoms with Crippen molar-refractivity contribution in [3.8, 4) is 0 Å². The van der Waals surface area contributed by atoms with Crippen molar-refractivity contribution in [2.45, 2.75) is 52.0 Å². The van der Waals surface area contributed by atoms with Crippen LogP contribution in [-0.2, 0) is 11.2 Å². The predicted molar refractivity (Wildman–Crippen MR) is 93.8 cm³/mol. The van der Waals surface area contributed by atoms with Crippen LogP contribution < -0.4 is 10.6 Å². The Morgan fingerprint density at radius 1 is 1.12 bits per heavy atom. The summed E-state index contributed by atoms with van der Waals surface area (Å²) >= 11 is 0. The number of aliphatic carboxylic acids is 1. The van der Waals surface area contributed by atoms with Crippen molar-refractivity contribution in [3.63, 3.8) is 0 Å². The molecule has 0 radical (unpaired) electrons. The first-order valence-corrected chi connectivity index (χ1v) is 8.67. The number of carbonyl (C=O) groups excluding carboxylic acids is 1. The van der Waals surface area contributed by atoms with E-state index in [2.05, 4.69) is 36.6 Å². The molecule has 24 heavy (non-hydrogen) atoms. The zero-order valence-electron chi connectivity index (χ0n) is 14.5. The predicted octanol–water partition coefficient (Wildman–Crippen LogP) is 3.20. The summed E-state index contributed by atoms with van der Waals surface area (Å²) in [6.45, 7) is 4.87. The summed E-state index contributed by atoms with van der Waals surface area (Å²) in [5, 5.41) is 14.9. The second-order valence-corrected chi connectivity index (χ2v) is 7.54. The Balaban J connectivity index is 1.72. The fourth-order valence-corrected chi connectivity index (χ4v) is 3.25. The fourth-order valence-electron chi connectivity index (χ4n) is 3.25. The van der Waals surface area contributed by atoms with Crippen molar-refractivity contribution in [2.75, 3.05) is 6.54 Å². The Kier molecular flexibility index (Phi) is 6.23. The number of benzene rings is 1. The molecule has 0 spiro atoms. The Morgan fingerprint density at radius 2 is 1.75 bits per heavy atom. The zero-order chi connectivity index (χ0) is 17.6. The van der Waals surface area contributed by atoms with Crippen LogP contribution in [0.2, 0.25) is 0 Å². The molecule has 0 aliphatic heterocycles. The van der Waals surface area contributed by atoms with Gasteiger partial charge in [0.2, 0.25) is 0 Å². The van der Waals surface area contributed by atoms with E-state index < -0.39 is 5.97 Å². The third kappa shape index (κ3) is 5.87. The second kappa shape index (κ2) is 8.18. The van der Waals surface area contributed by atoms with Crippen molar-refractivity contribution >= 4 is 12.0 Å². The number of carboxylic acid groups (broad SMARTS) is 1. The quantitative estimate of drug-likeness (QED) is 0.748. The highest BCUT2D eigenvalue weighted by molar-refractivity contribution is 5.74. The van der Waals surface area contributed by atoms with E-state index in [9.17, 15) is 9.59 Å². The van der Waals surface area contributed by atoms with Gasteiger partial charge in [-0.3, -0.25) is 4.79 Å². The summed E-state index contributed by atoms with van der Waals surface area (Å²) in [5.74, 6) is -0.975. The average Bonchev–Trinajstić information content (AvgIpc) is 2.54. The van der Waals surface area contributed by atoms with Gasteiger partial charge in [-0.2, -0.15) is 0 Å². The van der Waals surface area contributed by atoms with E-state index in [4.69, 9.17) is 5.11 Å². The van der Waals surface area contributed by atoms with Crippen LogP contribution in [0.1, 0.15) is 45.1 Å². The lowest BCUT2D eigenvalue weighted by atomic mass is 9.85. The number of rotatable bonds is 6. The normalized spacial score (nSPS) is 21.1. The molecule has 5 nitrogen and oxygen atoms in total. The molecule has 1 fully saturated rings. The maximum Gasteiger partial charge on any atom is 0.315 e. The topological polar surface area (TPSA) is 78.4 Å². The minimum atomic E-state index is -0.722. The molecule has 0 saturated heterocycles. The summed E-state index contributed by atoms with van der Waals surface area (Å²) in [6, 6.07) is 10.2. The molecule has 1 aliphatic rings. The van der Waals surface area contributed by atoms with E-state index in [1.807, 2.05) is 18.2 Å². The summed E-state index contributed by atoms with van der Waals surface area (Å²) in [6.07, 6.45) is 3.65. The van der Waals surface area contributed by atoms with Crippen molar-refractivity contribution in [1.82, 2.24) is 10.6 Å². The van der Waals surface area contributed by atoms with Gasteiger partial charge in [-0.25, -0.2) is 4.79 Å². The zero-order valence-corrected chi connectivity index (χ0v) is 14.5. The first-order chi connectivity index (χ1) is 11.4. The Bertz CT molecular complexity index is 549. The second-order valence-electron chi connectivity index (χ2n) is 7.54.